The summed E-state index contributed by atoms with van der Waals surface area (Å²) in [6.45, 7) is 4.50. The van der Waals surface area contributed by atoms with Crippen LogP contribution in [0.1, 0.15) is 36.2 Å². The minimum atomic E-state index is 0.0559. The van der Waals surface area contributed by atoms with Crippen LogP contribution in [0.15, 0.2) is 0 Å². The predicted octanol–water partition coefficient (Wildman–Crippen LogP) is 0.755. The van der Waals surface area contributed by atoms with E-state index in [-0.39, 0.29) is 6.61 Å². The van der Waals surface area contributed by atoms with Crippen molar-refractivity contribution < 1.29 is 5.11 Å². The highest BCUT2D eigenvalue weighted by Crippen LogP contribution is 2.24. The molecule has 0 spiro atoms. The molecular weight excluding hydrogens is 252 g/mol. The van der Waals surface area contributed by atoms with Crippen LogP contribution < -0.4 is 0 Å². The molecule has 0 saturated carbocycles. The van der Waals surface area contributed by atoms with Crippen molar-refractivity contribution in [2.45, 2.75) is 44.9 Å². The molecule has 2 aliphatic heterocycles. The van der Waals surface area contributed by atoms with Crippen LogP contribution in [0.5, 0.6) is 0 Å². The Morgan fingerprint density at radius 1 is 1.25 bits per heavy atom. The molecule has 5 nitrogen and oxygen atoms in total. The molecule has 112 valence electrons. The van der Waals surface area contributed by atoms with E-state index in [0.717, 1.165) is 31.7 Å². The van der Waals surface area contributed by atoms with Gasteiger partial charge in [0.05, 0.1) is 12.3 Å². The van der Waals surface area contributed by atoms with Crippen molar-refractivity contribution in [1.29, 1.82) is 0 Å². The van der Waals surface area contributed by atoms with Gasteiger partial charge in [0.1, 0.15) is 0 Å². The smallest absolute Gasteiger partial charge is 0.0926 e. The zero-order valence-corrected chi connectivity index (χ0v) is 12.7. The first-order valence-corrected chi connectivity index (χ1v) is 7.76. The molecule has 0 aliphatic carbocycles. The van der Waals surface area contributed by atoms with Crippen molar-refractivity contribution in [3.8, 4) is 0 Å². The number of aryl methyl sites for hydroxylation is 1. The number of hydrogen-bond acceptors (Lipinski definition) is 4. The molecule has 0 unspecified atom stereocenters. The second-order valence-corrected chi connectivity index (χ2v) is 6.27. The minimum Gasteiger partial charge on any atom is -0.390 e. The van der Waals surface area contributed by atoms with Gasteiger partial charge in [-0.2, -0.15) is 5.10 Å². The lowest BCUT2D eigenvalue weighted by Gasteiger charge is -2.37. The van der Waals surface area contributed by atoms with Crippen LogP contribution in [0.25, 0.3) is 0 Å². The Morgan fingerprint density at radius 3 is 2.85 bits per heavy atom. The third-order valence-electron chi connectivity index (χ3n) is 4.94. The van der Waals surface area contributed by atoms with E-state index in [0.29, 0.717) is 6.04 Å². The molecule has 0 radical (unpaired) electrons. The molecule has 1 fully saturated rings. The third kappa shape index (κ3) is 2.62. The number of fused-ring (bicyclic) bond motifs is 1. The lowest BCUT2D eigenvalue weighted by atomic mass is 10.00. The molecule has 1 saturated heterocycles. The number of hydrogen-bond donors (Lipinski definition) is 1. The highest BCUT2D eigenvalue weighted by molar-refractivity contribution is 5.28. The van der Waals surface area contributed by atoms with Gasteiger partial charge >= 0.3 is 0 Å². The van der Waals surface area contributed by atoms with Gasteiger partial charge in [-0.3, -0.25) is 9.58 Å². The number of aliphatic hydroxyl groups excluding tert-OH is 1. The zero-order chi connectivity index (χ0) is 14.1. The van der Waals surface area contributed by atoms with E-state index in [1.54, 1.807) is 0 Å². The van der Waals surface area contributed by atoms with E-state index < -0.39 is 0 Å². The fourth-order valence-corrected chi connectivity index (χ4v) is 3.68. The van der Waals surface area contributed by atoms with Crippen LogP contribution in [0.4, 0.5) is 0 Å². The monoisotopic (exact) mass is 278 g/mol. The summed E-state index contributed by atoms with van der Waals surface area (Å²) in [5.41, 5.74) is 3.44. The van der Waals surface area contributed by atoms with Gasteiger partial charge in [0.25, 0.3) is 0 Å². The Labute approximate surface area is 121 Å². The van der Waals surface area contributed by atoms with Crippen molar-refractivity contribution >= 4 is 0 Å². The minimum absolute atomic E-state index is 0.0559. The Balaban J connectivity index is 1.68. The van der Waals surface area contributed by atoms with E-state index in [9.17, 15) is 5.11 Å². The second kappa shape index (κ2) is 5.84. The Morgan fingerprint density at radius 2 is 2.10 bits per heavy atom. The molecule has 2 aliphatic rings. The number of aliphatic hydroxyl groups is 1. The zero-order valence-electron chi connectivity index (χ0n) is 12.7. The van der Waals surface area contributed by atoms with Crippen molar-refractivity contribution in [2.75, 3.05) is 26.7 Å². The number of piperidine rings is 1. The SMILES string of the molecule is CN1CCCC[C@@H]1CN1CCc2c(c(CO)nn2C)C1. The largest absolute Gasteiger partial charge is 0.390 e. The van der Waals surface area contributed by atoms with Gasteiger partial charge in [0.15, 0.2) is 0 Å². The average Bonchev–Trinajstić information content (AvgIpc) is 2.78. The molecular formula is C15H26N4O. The molecule has 1 atom stereocenters. The van der Waals surface area contributed by atoms with Crippen LogP contribution in [0.3, 0.4) is 0 Å². The van der Waals surface area contributed by atoms with Crippen LogP contribution in [-0.4, -0.2) is 57.4 Å². The maximum Gasteiger partial charge on any atom is 0.0926 e. The van der Waals surface area contributed by atoms with Crippen molar-refractivity contribution in [3.63, 3.8) is 0 Å². The summed E-state index contributed by atoms with van der Waals surface area (Å²) >= 11 is 0. The lowest BCUT2D eigenvalue weighted by molar-refractivity contribution is 0.120. The van der Waals surface area contributed by atoms with E-state index in [1.807, 2.05) is 11.7 Å². The van der Waals surface area contributed by atoms with Gasteiger partial charge in [-0.05, 0) is 26.4 Å². The third-order valence-corrected chi connectivity index (χ3v) is 4.94. The summed E-state index contributed by atoms with van der Waals surface area (Å²) in [5, 5.41) is 13.9. The van der Waals surface area contributed by atoms with E-state index in [2.05, 4.69) is 21.9 Å². The Hall–Kier alpha value is -0.910. The first kappa shape index (κ1) is 14.0. The number of likely N-dealkylation sites (tertiary alicyclic amines) is 1. The number of likely N-dealkylation sites (N-methyl/N-ethyl adjacent to an activating group) is 1. The second-order valence-electron chi connectivity index (χ2n) is 6.27. The fourth-order valence-electron chi connectivity index (χ4n) is 3.68. The van der Waals surface area contributed by atoms with Crippen molar-refractivity contribution in [2.24, 2.45) is 7.05 Å². The molecule has 20 heavy (non-hydrogen) atoms. The summed E-state index contributed by atoms with van der Waals surface area (Å²) in [6.07, 6.45) is 5.08. The quantitative estimate of drug-likeness (QED) is 0.886. The summed E-state index contributed by atoms with van der Waals surface area (Å²) in [6, 6.07) is 0.694. The summed E-state index contributed by atoms with van der Waals surface area (Å²) in [4.78, 5) is 5.05. The first-order valence-electron chi connectivity index (χ1n) is 7.76. The summed E-state index contributed by atoms with van der Waals surface area (Å²) in [5.74, 6) is 0. The molecule has 5 heteroatoms. The molecule has 1 aromatic heterocycles. The van der Waals surface area contributed by atoms with Gasteiger partial charge in [-0.25, -0.2) is 0 Å². The Kier molecular flexibility index (Phi) is 4.10. The van der Waals surface area contributed by atoms with E-state index in [1.165, 1.54) is 37.1 Å². The van der Waals surface area contributed by atoms with Crippen molar-refractivity contribution in [1.82, 2.24) is 19.6 Å². The first-order chi connectivity index (χ1) is 9.69. The van der Waals surface area contributed by atoms with Gasteiger partial charge < -0.3 is 10.0 Å². The van der Waals surface area contributed by atoms with E-state index in [4.69, 9.17) is 0 Å². The number of rotatable bonds is 3. The van der Waals surface area contributed by atoms with Gasteiger partial charge in [-0.15, -0.1) is 0 Å². The van der Waals surface area contributed by atoms with Crippen LogP contribution >= 0.6 is 0 Å². The Bertz CT molecular complexity index is 471. The topological polar surface area (TPSA) is 44.5 Å². The van der Waals surface area contributed by atoms with E-state index >= 15 is 0 Å². The molecule has 0 bridgehead atoms. The molecule has 3 heterocycles. The maximum absolute atomic E-state index is 9.45. The normalized spacial score (nSPS) is 24.9. The van der Waals surface area contributed by atoms with Gasteiger partial charge in [0.2, 0.25) is 0 Å². The fraction of sp³-hybridized carbons (Fsp3) is 0.800. The number of aromatic nitrogens is 2. The molecule has 0 aromatic carbocycles. The van der Waals surface area contributed by atoms with Gasteiger partial charge in [0, 0.05) is 50.4 Å². The molecule has 1 aromatic rings. The van der Waals surface area contributed by atoms with Crippen LogP contribution in [0, 0.1) is 0 Å². The highest BCUT2D eigenvalue weighted by Gasteiger charge is 2.27. The summed E-state index contributed by atoms with van der Waals surface area (Å²) in [7, 11) is 4.24. The predicted molar refractivity (Wildman–Crippen MR) is 78.4 cm³/mol. The van der Waals surface area contributed by atoms with Crippen LogP contribution in [0.2, 0.25) is 0 Å². The molecule has 1 N–H and O–H groups in total. The lowest BCUT2D eigenvalue weighted by Crippen LogP contribution is -2.46. The highest BCUT2D eigenvalue weighted by atomic mass is 16.3. The standard InChI is InChI=1S/C15H26N4O/c1-17-7-4-3-5-12(17)9-19-8-6-15-13(10-19)14(11-20)16-18(15)2/h12,20H,3-11H2,1-2H3/t12-/m1/s1. The average molecular weight is 278 g/mol. The molecule has 0 amide bonds. The maximum atomic E-state index is 9.45. The van der Waals surface area contributed by atoms with Gasteiger partial charge in [-0.1, -0.05) is 6.42 Å². The van der Waals surface area contributed by atoms with Crippen LogP contribution in [-0.2, 0) is 26.6 Å². The summed E-state index contributed by atoms with van der Waals surface area (Å²) < 4.78 is 1.95. The molecule has 3 rings (SSSR count). The number of nitrogens with zero attached hydrogens (tertiary/aromatic N) is 4. The van der Waals surface area contributed by atoms with Crippen molar-refractivity contribution in [3.05, 3.63) is 17.0 Å².